The Morgan fingerprint density at radius 2 is 2.06 bits per heavy atom. The molecule has 2 N–H and O–H groups in total. The second-order valence-electron chi connectivity index (χ2n) is 7.68. The predicted molar refractivity (Wildman–Crippen MR) is 125 cm³/mol. The number of nitrogens with two attached hydrogens (primary N) is 1. The van der Waals surface area contributed by atoms with Crippen molar-refractivity contribution in [1.82, 2.24) is 14.3 Å². The first-order chi connectivity index (χ1) is 16.1. The third kappa shape index (κ3) is 3.90. The van der Waals surface area contributed by atoms with E-state index in [4.69, 9.17) is 15.2 Å². The average molecular weight is 463 g/mol. The van der Waals surface area contributed by atoms with Crippen LogP contribution in [0.2, 0.25) is 0 Å². The highest BCUT2D eigenvalue weighted by Gasteiger charge is 2.51. The molecule has 2 aromatic heterocycles. The number of pyridine rings is 1. The molecule has 4 heterocycles. The van der Waals surface area contributed by atoms with Gasteiger partial charge in [0.1, 0.15) is 35.1 Å². The van der Waals surface area contributed by atoms with Crippen LogP contribution in [0.15, 0.2) is 72.2 Å². The Kier molecular flexibility index (Phi) is 5.65. The summed E-state index contributed by atoms with van der Waals surface area (Å²) in [6.07, 6.45) is 7.42. The second-order valence-corrected chi connectivity index (χ2v) is 8.78. The number of imidazole rings is 1. The van der Waals surface area contributed by atoms with Crippen LogP contribution in [0.1, 0.15) is 11.3 Å². The summed E-state index contributed by atoms with van der Waals surface area (Å²) in [6.45, 7) is 0.0858. The fourth-order valence-corrected chi connectivity index (χ4v) is 5.12. The van der Waals surface area contributed by atoms with Crippen molar-refractivity contribution < 1.29 is 19.1 Å². The Morgan fingerprint density at radius 3 is 2.85 bits per heavy atom. The quantitative estimate of drug-likeness (QED) is 0.444. The van der Waals surface area contributed by atoms with Gasteiger partial charge in [0.2, 0.25) is 5.91 Å². The van der Waals surface area contributed by atoms with Gasteiger partial charge in [-0.3, -0.25) is 9.69 Å². The Bertz CT molecular complexity index is 1280. The number of allylic oxidation sites excluding steroid dienone is 1. The van der Waals surface area contributed by atoms with Crippen LogP contribution in [0.4, 0.5) is 0 Å². The molecule has 8 nitrogen and oxygen atoms in total. The minimum atomic E-state index is -0.608. The van der Waals surface area contributed by atoms with E-state index in [-0.39, 0.29) is 23.6 Å². The van der Waals surface area contributed by atoms with Crippen molar-refractivity contribution in [1.29, 1.82) is 0 Å². The molecular formula is C24H22N4O4S. The molecule has 0 unspecified atom stereocenters. The molecule has 2 aliphatic heterocycles. The molecule has 0 bridgehead atoms. The first-order valence-electron chi connectivity index (χ1n) is 10.4. The van der Waals surface area contributed by atoms with Crippen molar-refractivity contribution in [3.63, 3.8) is 0 Å². The number of methoxy groups -OCH3 is 1. The number of benzene rings is 1. The highest BCUT2D eigenvalue weighted by atomic mass is 32.2. The lowest BCUT2D eigenvalue weighted by Crippen LogP contribution is -2.68. The van der Waals surface area contributed by atoms with E-state index in [0.717, 1.165) is 22.7 Å². The molecule has 3 aromatic rings. The van der Waals surface area contributed by atoms with Gasteiger partial charge >= 0.3 is 5.97 Å². The molecule has 9 heteroatoms. The number of β-lactam (4-membered cyclic amide) rings is 1. The van der Waals surface area contributed by atoms with E-state index in [1.807, 2.05) is 53.1 Å². The minimum absolute atomic E-state index is 0.0858. The smallest absolute Gasteiger partial charge is 0.355 e. The summed E-state index contributed by atoms with van der Waals surface area (Å²) in [5.41, 5.74) is 9.44. The molecule has 0 spiro atoms. The molecule has 0 aliphatic carbocycles. The molecule has 1 saturated heterocycles. The standard InChI is InChI=1S/C24H22N4O4S/c1-31-18-9-5-15(6-10-18)13-32-24(30)21-16(14-33-23-20(25)22(29)28(21)23)7-8-17-12-26-19-4-2-3-11-27(17)19/h2-12,20,23H,13-14,25H2,1H3/t20-,23-/m1/s1. The maximum absolute atomic E-state index is 13.1. The van der Waals surface area contributed by atoms with Crippen molar-refractivity contribution in [2.45, 2.75) is 18.0 Å². The average Bonchev–Trinajstić information content (AvgIpc) is 3.28. The van der Waals surface area contributed by atoms with Crippen molar-refractivity contribution in [2.75, 3.05) is 12.9 Å². The lowest BCUT2D eigenvalue weighted by atomic mass is 10.0. The number of carbonyl (C=O) groups excluding carboxylic acids is 2. The molecule has 1 fully saturated rings. The molecule has 2 aliphatic rings. The molecule has 168 valence electrons. The number of thioether (sulfide) groups is 1. The molecular weight excluding hydrogens is 440 g/mol. The number of hydrogen-bond donors (Lipinski definition) is 1. The Hall–Kier alpha value is -3.56. The summed E-state index contributed by atoms with van der Waals surface area (Å²) >= 11 is 1.54. The molecule has 33 heavy (non-hydrogen) atoms. The van der Waals surface area contributed by atoms with Crippen LogP contribution in [0, 0.1) is 0 Å². The predicted octanol–water partition coefficient (Wildman–Crippen LogP) is 2.60. The Morgan fingerprint density at radius 1 is 1.24 bits per heavy atom. The number of carbonyl (C=O) groups is 2. The number of rotatable bonds is 6. The van der Waals surface area contributed by atoms with Crippen molar-refractivity contribution >= 4 is 35.4 Å². The number of ether oxygens (including phenoxy) is 2. The zero-order valence-corrected chi connectivity index (χ0v) is 18.7. The number of nitrogens with zero attached hydrogens (tertiary/aromatic N) is 3. The summed E-state index contributed by atoms with van der Waals surface area (Å²) in [5, 5.41) is -0.256. The van der Waals surface area contributed by atoms with Gasteiger partial charge in [0.25, 0.3) is 0 Å². The van der Waals surface area contributed by atoms with Gasteiger partial charge < -0.3 is 19.6 Å². The fourth-order valence-electron chi connectivity index (χ4n) is 3.86. The van der Waals surface area contributed by atoms with Crippen LogP contribution in [0.5, 0.6) is 5.75 Å². The van der Waals surface area contributed by atoms with E-state index in [1.165, 1.54) is 4.90 Å². The normalized spacial score (nSPS) is 20.2. The van der Waals surface area contributed by atoms with E-state index < -0.39 is 12.0 Å². The summed E-state index contributed by atoms with van der Waals surface area (Å²) in [7, 11) is 1.59. The van der Waals surface area contributed by atoms with Gasteiger partial charge in [-0.2, -0.15) is 0 Å². The SMILES string of the molecule is COc1ccc(COC(=O)C2=C(C=Cc3cnc4ccccn34)CS[C@@H]3[C@H](N)C(=O)N23)cc1. The molecule has 2 atom stereocenters. The van der Waals surface area contributed by atoms with Crippen LogP contribution in [-0.4, -0.2) is 50.4 Å². The van der Waals surface area contributed by atoms with Gasteiger partial charge in [0.15, 0.2) is 0 Å². The topological polar surface area (TPSA) is 99.2 Å². The largest absolute Gasteiger partial charge is 0.497 e. The maximum Gasteiger partial charge on any atom is 0.355 e. The third-order valence-electron chi connectivity index (χ3n) is 5.66. The number of fused-ring (bicyclic) bond motifs is 2. The van der Waals surface area contributed by atoms with Crippen molar-refractivity contribution in [2.24, 2.45) is 5.73 Å². The summed E-state index contributed by atoms with van der Waals surface area (Å²) < 4.78 is 12.7. The molecule has 5 rings (SSSR count). The van der Waals surface area contributed by atoms with E-state index in [2.05, 4.69) is 4.98 Å². The van der Waals surface area contributed by atoms with Crippen molar-refractivity contribution in [3.05, 3.63) is 83.5 Å². The lowest BCUT2D eigenvalue weighted by Gasteiger charge is -2.48. The van der Waals surface area contributed by atoms with Crippen LogP contribution < -0.4 is 10.5 Å². The number of amides is 1. The maximum atomic E-state index is 13.1. The number of aromatic nitrogens is 2. The van der Waals surface area contributed by atoms with Gasteiger partial charge in [0, 0.05) is 11.9 Å². The van der Waals surface area contributed by atoms with Crippen molar-refractivity contribution in [3.8, 4) is 5.75 Å². The zero-order valence-electron chi connectivity index (χ0n) is 17.9. The summed E-state index contributed by atoms with van der Waals surface area (Å²) in [6, 6.07) is 12.4. The van der Waals surface area contributed by atoms with Gasteiger partial charge in [-0.1, -0.05) is 24.3 Å². The first kappa shape index (κ1) is 21.3. The lowest BCUT2D eigenvalue weighted by molar-refractivity contribution is -0.151. The van der Waals surface area contributed by atoms with E-state index in [0.29, 0.717) is 11.3 Å². The Labute approximate surface area is 194 Å². The van der Waals surface area contributed by atoms with Crippen LogP contribution >= 0.6 is 11.8 Å². The molecule has 1 aromatic carbocycles. The fraction of sp³-hybridized carbons (Fsp3) is 0.208. The first-order valence-corrected chi connectivity index (χ1v) is 11.5. The number of hydrogen-bond acceptors (Lipinski definition) is 7. The van der Waals surface area contributed by atoms with Crippen LogP contribution in [0.3, 0.4) is 0 Å². The zero-order chi connectivity index (χ0) is 22.9. The third-order valence-corrected chi connectivity index (χ3v) is 6.99. The van der Waals surface area contributed by atoms with Gasteiger partial charge in [0.05, 0.1) is 19.0 Å². The van der Waals surface area contributed by atoms with Crippen LogP contribution in [-0.2, 0) is 20.9 Å². The number of esters is 1. The highest BCUT2D eigenvalue weighted by molar-refractivity contribution is 8.00. The summed E-state index contributed by atoms with van der Waals surface area (Å²) in [4.78, 5) is 31.5. The minimum Gasteiger partial charge on any atom is -0.497 e. The van der Waals surface area contributed by atoms with Gasteiger partial charge in [-0.25, -0.2) is 9.78 Å². The van der Waals surface area contributed by atoms with Crippen LogP contribution in [0.25, 0.3) is 11.7 Å². The van der Waals surface area contributed by atoms with E-state index >= 15 is 0 Å². The second kappa shape index (κ2) is 8.76. The van der Waals surface area contributed by atoms with Gasteiger partial charge in [-0.05, 0) is 41.5 Å². The Balaban J connectivity index is 1.42. The molecule has 0 saturated carbocycles. The highest BCUT2D eigenvalue weighted by Crippen LogP contribution is 2.40. The molecule has 1 amide bonds. The van der Waals surface area contributed by atoms with E-state index in [1.54, 1.807) is 37.2 Å². The van der Waals surface area contributed by atoms with Gasteiger partial charge in [-0.15, -0.1) is 11.8 Å². The monoisotopic (exact) mass is 462 g/mol. The summed E-state index contributed by atoms with van der Waals surface area (Å²) in [5.74, 6) is 0.445. The molecule has 0 radical (unpaired) electrons. The van der Waals surface area contributed by atoms with E-state index in [9.17, 15) is 9.59 Å².